The topological polar surface area (TPSA) is 29.5 Å². The van der Waals surface area contributed by atoms with Crippen molar-refractivity contribution in [2.45, 2.75) is 44.2 Å². The highest BCUT2D eigenvalue weighted by molar-refractivity contribution is 6.00. The maximum absolute atomic E-state index is 13.3. The maximum Gasteiger partial charge on any atom is 0.169 e. The summed E-state index contributed by atoms with van der Waals surface area (Å²) in [7, 11) is 3.66. The van der Waals surface area contributed by atoms with Crippen LogP contribution in [0.15, 0.2) is 18.2 Å². The van der Waals surface area contributed by atoms with Gasteiger partial charge in [0.2, 0.25) is 0 Å². The van der Waals surface area contributed by atoms with Crippen LogP contribution < -0.4 is 4.74 Å². The van der Waals surface area contributed by atoms with Gasteiger partial charge in [0, 0.05) is 24.1 Å². The van der Waals surface area contributed by atoms with Crippen molar-refractivity contribution in [3.05, 3.63) is 29.6 Å². The van der Waals surface area contributed by atoms with Crippen molar-refractivity contribution in [2.75, 3.05) is 14.2 Å². The molecule has 114 valence electrons. The molecular formula is C17H22FNO2. The van der Waals surface area contributed by atoms with Gasteiger partial charge in [0.25, 0.3) is 0 Å². The van der Waals surface area contributed by atoms with Crippen LogP contribution in [0.3, 0.4) is 0 Å². The van der Waals surface area contributed by atoms with E-state index in [2.05, 4.69) is 11.9 Å². The number of ketones is 1. The summed E-state index contributed by atoms with van der Waals surface area (Å²) in [5.41, 5.74) is 0.520. The molecule has 2 atom stereocenters. The first-order chi connectivity index (χ1) is 10.1. The molecule has 0 aromatic heterocycles. The van der Waals surface area contributed by atoms with Gasteiger partial charge in [0.1, 0.15) is 11.6 Å². The number of carbonyl (C=O) groups excluding carboxylic acids is 1. The van der Waals surface area contributed by atoms with Gasteiger partial charge in [-0.25, -0.2) is 4.39 Å². The van der Waals surface area contributed by atoms with Crippen LogP contribution in [0.2, 0.25) is 0 Å². The molecule has 2 fully saturated rings. The lowest BCUT2D eigenvalue weighted by atomic mass is 9.76. The third-order valence-corrected chi connectivity index (χ3v) is 5.14. The molecule has 2 bridgehead atoms. The lowest BCUT2D eigenvalue weighted by molar-refractivity contribution is 0.0337. The van der Waals surface area contributed by atoms with Crippen LogP contribution in [0.5, 0.6) is 5.75 Å². The summed E-state index contributed by atoms with van der Waals surface area (Å²) in [6.07, 6.45) is 5.44. The highest BCUT2D eigenvalue weighted by atomic mass is 19.1. The van der Waals surface area contributed by atoms with Crippen LogP contribution in [0.1, 0.15) is 42.5 Å². The first-order valence-electron chi connectivity index (χ1n) is 7.70. The van der Waals surface area contributed by atoms with Crippen LogP contribution in [-0.4, -0.2) is 36.9 Å². The SMILES string of the molecule is COc1cc(F)ccc1C(=O)C1CC2CCCC(C1)N2C. The summed E-state index contributed by atoms with van der Waals surface area (Å²) >= 11 is 0. The minimum absolute atomic E-state index is 0.0378. The Kier molecular flexibility index (Phi) is 3.98. The van der Waals surface area contributed by atoms with Crippen molar-refractivity contribution in [3.8, 4) is 5.75 Å². The van der Waals surface area contributed by atoms with E-state index in [0.717, 1.165) is 12.8 Å². The Bertz CT molecular complexity index is 532. The van der Waals surface area contributed by atoms with E-state index in [9.17, 15) is 9.18 Å². The van der Waals surface area contributed by atoms with E-state index < -0.39 is 0 Å². The number of methoxy groups -OCH3 is 1. The average molecular weight is 291 g/mol. The highest BCUT2D eigenvalue weighted by Crippen LogP contribution is 2.38. The second-order valence-electron chi connectivity index (χ2n) is 6.28. The van der Waals surface area contributed by atoms with E-state index in [1.165, 1.54) is 38.5 Å². The van der Waals surface area contributed by atoms with E-state index in [4.69, 9.17) is 4.74 Å². The van der Waals surface area contributed by atoms with Gasteiger partial charge < -0.3 is 9.64 Å². The van der Waals surface area contributed by atoms with Crippen LogP contribution in [0.4, 0.5) is 4.39 Å². The summed E-state index contributed by atoms with van der Waals surface area (Å²) in [4.78, 5) is 15.2. The zero-order valence-electron chi connectivity index (χ0n) is 12.6. The normalized spacial score (nSPS) is 29.2. The van der Waals surface area contributed by atoms with E-state index in [0.29, 0.717) is 23.4 Å². The quantitative estimate of drug-likeness (QED) is 0.800. The Morgan fingerprint density at radius 1 is 1.29 bits per heavy atom. The Hall–Kier alpha value is -1.42. The summed E-state index contributed by atoms with van der Waals surface area (Å²) in [6, 6.07) is 5.22. The number of rotatable bonds is 3. The van der Waals surface area contributed by atoms with Gasteiger partial charge in [0.15, 0.2) is 5.78 Å². The molecule has 0 saturated carbocycles. The summed E-state index contributed by atoms with van der Waals surface area (Å²) < 4.78 is 18.5. The predicted molar refractivity (Wildman–Crippen MR) is 79.2 cm³/mol. The molecule has 4 heteroatoms. The fraction of sp³-hybridized carbons (Fsp3) is 0.588. The fourth-order valence-corrected chi connectivity index (χ4v) is 3.92. The largest absolute Gasteiger partial charge is 0.496 e. The second-order valence-corrected chi connectivity index (χ2v) is 6.28. The molecular weight excluding hydrogens is 269 g/mol. The first-order valence-corrected chi connectivity index (χ1v) is 7.70. The average Bonchev–Trinajstić information content (AvgIpc) is 2.46. The molecule has 21 heavy (non-hydrogen) atoms. The monoisotopic (exact) mass is 291 g/mol. The van der Waals surface area contributed by atoms with Crippen molar-refractivity contribution >= 4 is 5.78 Å². The number of ether oxygens (including phenoxy) is 1. The van der Waals surface area contributed by atoms with Gasteiger partial charge in [0.05, 0.1) is 12.7 Å². The molecule has 2 aliphatic heterocycles. The summed E-state index contributed by atoms with van der Waals surface area (Å²) in [5, 5.41) is 0. The van der Waals surface area contributed by atoms with Gasteiger partial charge in [-0.3, -0.25) is 4.79 Å². The molecule has 1 aromatic rings. The maximum atomic E-state index is 13.3. The summed E-state index contributed by atoms with van der Waals surface area (Å²) in [6.45, 7) is 0. The Balaban J connectivity index is 1.83. The second kappa shape index (κ2) is 5.76. The number of hydrogen-bond acceptors (Lipinski definition) is 3. The smallest absolute Gasteiger partial charge is 0.169 e. The van der Waals surface area contributed by atoms with Crippen molar-refractivity contribution in [2.24, 2.45) is 5.92 Å². The lowest BCUT2D eigenvalue weighted by Crippen LogP contribution is -2.51. The fourth-order valence-electron chi connectivity index (χ4n) is 3.92. The number of carbonyl (C=O) groups is 1. The zero-order valence-corrected chi connectivity index (χ0v) is 12.6. The number of piperidine rings is 2. The third kappa shape index (κ3) is 2.69. The molecule has 2 aliphatic rings. The molecule has 2 saturated heterocycles. The minimum atomic E-state index is -0.372. The van der Waals surface area contributed by atoms with Crippen molar-refractivity contribution in [3.63, 3.8) is 0 Å². The number of benzene rings is 1. The standard InChI is InChI=1S/C17H22FNO2/c1-19-13-4-3-5-14(19)9-11(8-13)17(20)15-7-6-12(18)10-16(15)21-2/h6-7,10-11,13-14H,3-5,8-9H2,1-2H3. The molecule has 2 heterocycles. The molecule has 0 aliphatic carbocycles. The first kappa shape index (κ1) is 14.5. The van der Waals surface area contributed by atoms with Crippen molar-refractivity contribution < 1.29 is 13.9 Å². The number of nitrogens with zero attached hydrogens (tertiary/aromatic N) is 1. The molecule has 1 aromatic carbocycles. The Morgan fingerprint density at radius 3 is 2.57 bits per heavy atom. The van der Waals surface area contributed by atoms with Crippen LogP contribution in [0.25, 0.3) is 0 Å². The summed E-state index contributed by atoms with van der Waals surface area (Å²) in [5.74, 6) is 0.125. The Morgan fingerprint density at radius 2 is 1.95 bits per heavy atom. The number of hydrogen-bond donors (Lipinski definition) is 0. The van der Waals surface area contributed by atoms with E-state index >= 15 is 0 Å². The predicted octanol–water partition coefficient (Wildman–Crippen LogP) is 3.28. The molecule has 2 unspecified atom stereocenters. The van der Waals surface area contributed by atoms with Gasteiger partial charge in [-0.15, -0.1) is 0 Å². The minimum Gasteiger partial charge on any atom is -0.496 e. The van der Waals surface area contributed by atoms with Crippen molar-refractivity contribution in [1.29, 1.82) is 0 Å². The van der Waals surface area contributed by atoms with Crippen LogP contribution in [0, 0.1) is 11.7 Å². The van der Waals surface area contributed by atoms with Crippen molar-refractivity contribution in [1.82, 2.24) is 4.90 Å². The van der Waals surface area contributed by atoms with Gasteiger partial charge in [-0.2, -0.15) is 0 Å². The lowest BCUT2D eigenvalue weighted by Gasteiger charge is -2.46. The van der Waals surface area contributed by atoms with E-state index in [1.807, 2.05) is 0 Å². The number of halogens is 1. The van der Waals surface area contributed by atoms with Gasteiger partial charge in [-0.1, -0.05) is 6.42 Å². The Labute approximate surface area is 125 Å². The van der Waals surface area contributed by atoms with E-state index in [1.54, 1.807) is 6.07 Å². The third-order valence-electron chi connectivity index (χ3n) is 5.14. The number of fused-ring (bicyclic) bond motifs is 2. The molecule has 3 nitrogen and oxygen atoms in total. The van der Waals surface area contributed by atoms with Gasteiger partial charge in [-0.05, 0) is 44.9 Å². The zero-order chi connectivity index (χ0) is 15.0. The van der Waals surface area contributed by atoms with Crippen LogP contribution in [-0.2, 0) is 0 Å². The van der Waals surface area contributed by atoms with Crippen LogP contribution >= 0.6 is 0 Å². The molecule has 0 amide bonds. The van der Waals surface area contributed by atoms with E-state index in [-0.39, 0.29) is 17.5 Å². The number of Topliss-reactive ketones (excluding diaryl/α,β-unsaturated/α-hetero) is 1. The molecule has 0 N–H and O–H groups in total. The molecule has 0 spiro atoms. The molecule has 0 radical (unpaired) electrons. The van der Waals surface area contributed by atoms with Gasteiger partial charge >= 0.3 is 0 Å². The molecule has 3 rings (SSSR count). The highest BCUT2D eigenvalue weighted by Gasteiger charge is 2.39.